The second kappa shape index (κ2) is 9.45. The zero-order chi connectivity index (χ0) is 15.7. The van der Waals surface area contributed by atoms with Crippen molar-refractivity contribution in [2.45, 2.75) is 44.0 Å². The third-order valence-electron chi connectivity index (χ3n) is 3.06. The van der Waals surface area contributed by atoms with Crippen LogP contribution in [-0.4, -0.2) is 40.2 Å². The van der Waals surface area contributed by atoms with Gasteiger partial charge in [-0.25, -0.2) is 0 Å². The second-order valence-electron chi connectivity index (χ2n) is 5.09. The first-order valence-corrected chi connectivity index (χ1v) is 8.18. The van der Waals surface area contributed by atoms with Gasteiger partial charge in [0.25, 0.3) is 0 Å². The van der Waals surface area contributed by atoms with Gasteiger partial charge in [0.15, 0.2) is 0 Å². The summed E-state index contributed by atoms with van der Waals surface area (Å²) >= 11 is 1.66. The molecule has 0 fully saturated rings. The minimum Gasteiger partial charge on any atom is -0.481 e. The third kappa shape index (κ3) is 7.18. The van der Waals surface area contributed by atoms with Crippen LogP contribution in [0.2, 0.25) is 0 Å². The van der Waals surface area contributed by atoms with Crippen LogP contribution in [0.15, 0.2) is 35.2 Å². The molecule has 4 nitrogen and oxygen atoms in total. The van der Waals surface area contributed by atoms with Gasteiger partial charge in [0.1, 0.15) is 0 Å². The summed E-state index contributed by atoms with van der Waals surface area (Å²) in [5, 5.41) is 8.66. The molecular weight excluding hydrogens is 286 g/mol. The highest BCUT2D eigenvalue weighted by atomic mass is 32.2. The molecule has 1 rings (SSSR count). The minimum atomic E-state index is -0.814. The SMILES string of the molecule is CC(C)N(CCCC(=O)O)C(=O)CCSc1ccccc1. The van der Waals surface area contributed by atoms with E-state index in [9.17, 15) is 9.59 Å². The van der Waals surface area contributed by atoms with Gasteiger partial charge in [-0.15, -0.1) is 11.8 Å². The summed E-state index contributed by atoms with van der Waals surface area (Å²) < 4.78 is 0. The number of carbonyl (C=O) groups excluding carboxylic acids is 1. The van der Waals surface area contributed by atoms with Crippen LogP contribution in [0.1, 0.15) is 33.1 Å². The second-order valence-corrected chi connectivity index (χ2v) is 6.26. The van der Waals surface area contributed by atoms with Crippen molar-refractivity contribution in [2.24, 2.45) is 0 Å². The van der Waals surface area contributed by atoms with Crippen molar-refractivity contribution in [2.75, 3.05) is 12.3 Å². The van der Waals surface area contributed by atoms with Crippen molar-refractivity contribution in [3.8, 4) is 0 Å². The maximum absolute atomic E-state index is 12.2. The normalized spacial score (nSPS) is 10.6. The van der Waals surface area contributed by atoms with Crippen LogP contribution in [0.25, 0.3) is 0 Å². The van der Waals surface area contributed by atoms with Gasteiger partial charge in [0.05, 0.1) is 0 Å². The topological polar surface area (TPSA) is 57.6 Å². The first-order chi connectivity index (χ1) is 10.0. The van der Waals surface area contributed by atoms with E-state index in [1.165, 1.54) is 0 Å². The monoisotopic (exact) mass is 309 g/mol. The number of rotatable bonds is 9. The summed E-state index contributed by atoms with van der Waals surface area (Å²) in [7, 11) is 0. The molecule has 0 heterocycles. The van der Waals surface area contributed by atoms with Crippen molar-refractivity contribution in [3.05, 3.63) is 30.3 Å². The van der Waals surface area contributed by atoms with Crippen LogP contribution in [0.4, 0.5) is 0 Å². The molecule has 0 saturated heterocycles. The van der Waals surface area contributed by atoms with E-state index in [-0.39, 0.29) is 18.4 Å². The largest absolute Gasteiger partial charge is 0.481 e. The number of carbonyl (C=O) groups is 2. The van der Waals surface area contributed by atoms with Crippen molar-refractivity contribution in [3.63, 3.8) is 0 Å². The van der Waals surface area contributed by atoms with Crippen LogP contribution < -0.4 is 0 Å². The lowest BCUT2D eigenvalue weighted by Gasteiger charge is -2.26. The molecule has 21 heavy (non-hydrogen) atoms. The van der Waals surface area contributed by atoms with E-state index < -0.39 is 5.97 Å². The van der Waals surface area contributed by atoms with E-state index in [0.717, 1.165) is 10.6 Å². The predicted octanol–water partition coefficient (Wildman–Crippen LogP) is 3.27. The number of carboxylic acid groups (broad SMARTS) is 1. The smallest absolute Gasteiger partial charge is 0.303 e. The Labute approximate surface area is 130 Å². The molecule has 0 radical (unpaired) electrons. The Morgan fingerprint density at radius 1 is 1.19 bits per heavy atom. The maximum Gasteiger partial charge on any atom is 0.303 e. The average Bonchev–Trinajstić information content (AvgIpc) is 2.44. The average molecular weight is 309 g/mol. The predicted molar refractivity (Wildman–Crippen MR) is 85.5 cm³/mol. The lowest BCUT2D eigenvalue weighted by molar-refractivity contribution is -0.138. The maximum atomic E-state index is 12.2. The Morgan fingerprint density at radius 2 is 1.86 bits per heavy atom. The summed E-state index contributed by atoms with van der Waals surface area (Å²) in [6, 6.07) is 10.1. The van der Waals surface area contributed by atoms with Gasteiger partial charge in [-0.1, -0.05) is 18.2 Å². The highest BCUT2D eigenvalue weighted by molar-refractivity contribution is 7.99. The summed E-state index contributed by atoms with van der Waals surface area (Å²) in [6.07, 6.45) is 1.09. The molecule has 1 aromatic carbocycles. The quantitative estimate of drug-likeness (QED) is 0.711. The molecule has 1 amide bonds. The van der Waals surface area contributed by atoms with Crippen molar-refractivity contribution < 1.29 is 14.7 Å². The number of carboxylic acids is 1. The van der Waals surface area contributed by atoms with E-state index >= 15 is 0 Å². The number of benzene rings is 1. The van der Waals surface area contributed by atoms with E-state index in [1.807, 2.05) is 44.2 Å². The molecule has 0 aliphatic carbocycles. The number of aliphatic carboxylic acids is 1. The van der Waals surface area contributed by atoms with Gasteiger partial charge in [-0.3, -0.25) is 9.59 Å². The molecular formula is C16H23NO3S. The summed E-state index contributed by atoms with van der Waals surface area (Å²) in [4.78, 5) is 25.7. The molecule has 0 aliphatic rings. The number of nitrogens with zero attached hydrogens (tertiary/aromatic N) is 1. The van der Waals surface area contributed by atoms with Gasteiger partial charge in [-0.05, 0) is 32.4 Å². The molecule has 0 spiro atoms. The number of hydrogen-bond acceptors (Lipinski definition) is 3. The van der Waals surface area contributed by atoms with Crippen molar-refractivity contribution in [1.29, 1.82) is 0 Å². The van der Waals surface area contributed by atoms with Gasteiger partial charge in [0, 0.05) is 36.1 Å². The fourth-order valence-corrected chi connectivity index (χ4v) is 2.85. The zero-order valence-electron chi connectivity index (χ0n) is 12.6. The van der Waals surface area contributed by atoms with E-state index in [2.05, 4.69) is 0 Å². The highest BCUT2D eigenvalue weighted by Gasteiger charge is 2.16. The fourth-order valence-electron chi connectivity index (χ4n) is 1.99. The highest BCUT2D eigenvalue weighted by Crippen LogP contribution is 2.18. The van der Waals surface area contributed by atoms with Gasteiger partial charge in [0.2, 0.25) is 5.91 Å². The van der Waals surface area contributed by atoms with Gasteiger partial charge >= 0.3 is 5.97 Å². The molecule has 0 aliphatic heterocycles. The Hall–Kier alpha value is -1.49. The number of amides is 1. The van der Waals surface area contributed by atoms with E-state index in [4.69, 9.17) is 5.11 Å². The van der Waals surface area contributed by atoms with Crippen LogP contribution >= 0.6 is 11.8 Å². The number of hydrogen-bond donors (Lipinski definition) is 1. The van der Waals surface area contributed by atoms with Crippen LogP contribution in [0, 0.1) is 0 Å². The molecule has 0 unspecified atom stereocenters. The Bertz CT molecular complexity index is 448. The van der Waals surface area contributed by atoms with Crippen LogP contribution in [0.5, 0.6) is 0 Å². The standard InChI is InChI=1S/C16H23NO3S/c1-13(2)17(11-6-9-16(19)20)15(18)10-12-21-14-7-4-3-5-8-14/h3-5,7-8,13H,6,9-12H2,1-2H3,(H,19,20). The molecule has 1 N–H and O–H groups in total. The molecule has 1 aromatic rings. The first-order valence-electron chi connectivity index (χ1n) is 7.20. The molecule has 5 heteroatoms. The van der Waals surface area contributed by atoms with Crippen molar-refractivity contribution >= 4 is 23.6 Å². The Morgan fingerprint density at radius 3 is 2.43 bits per heavy atom. The minimum absolute atomic E-state index is 0.0961. The Balaban J connectivity index is 2.36. The zero-order valence-corrected chi connectivity index (χ0v) is 13.4. The van der Waals surface area contributed by atoms with Crippen LogP contribution in [0.3, 0.4) is 0 Å². The van der Waals surface area contributed by atoms with Gasteiger partial charge < -0.3 is 10.0 Å². The molecule has 0 saturated carbocycles. The lowest BCUT2D eigenvalue weighted by Crippen LogP contribution is -2.38. The molecule has 0 atom stereocenters. The fraction of sp³-hybridized carbons (Fsp3) is 0.500. The van der Waals surface area contributed by atoms with Crippen LogP contribution in [-0.2, 0) is 9.59 Å². The first kappa shape index (κ1) is 17.6. The molecule has 0 bridgehead atoms. The number of thioether (sulfide) groups is 1. The molecule has 0 aromatic heterocycles. The van der Waals surface area contributed by atoms with Crippen molar-refractivity contribution in [1.82, 2.24) is 4.90 Å². The van der Waals surface area contributed by atoms with E-state index in [0.29, 0.717) is 19.4 Å². The summed E-state index contributed by atoms with van der Waals surface area (Å²) in [6.45, 7) is 4.44. The van der Waals surface area contributed by atoms with Gasteiger partial charge in [-0.2, -0.15) is 0 Å². The summed E-state index contributed by atoms with van der Waals surface area (Å²) in [5.74, 6) is 0.0231. The third-order valence-corrected chi connectivity index (χ3v) is 4.07. The van der Waals surface area contributed by atoms with E-state index in [1.54, 1.807) is 16.7 Å². The molecule has 116 valence electrons. The lowest BCUT2D eigenvalue weighted by atomic mass is 10.2. The summed E-state index contributed by atoms with van der Waals surface area (Å²) in [5.41, 5.74) is 0. The Kier molecular flexibility index (Phi) is 7.90.